The zero-order valence-electron chi connectivity index (χ0n) is 30.9. The molecule has 0 bridgehead atoms. The largest absolute Gasteiger partial charge is 0.481 e. The van der Waals surface area contributed by atoms with Gasteiger partial charge in [0.1, 0.15) is 12.2 Å². The number of aliphatic hydroxyl groups excluding tert-OH is 2. The number of esters is 2. The van der Waals surface area contributed by atoms with Crippen LogP contribution in [0.2, 0.25) is 0 Å². The van der Waals surface area contributed by atoms with Crippen molar-refractivity contribution < 1.29 is 54.1 Å². The average Bonchev–Trinajstić information content (AvgIpc) is 3.22. The maximum Gasteiger partial charge on any atom is 0.309 e. The van der Waals surface area contributed by atoms with Crippen LogP contribution in [-0.2, 0) is 28.6 Å². The van der Waals surface area contributed by atoms with Crippen LogP contribution in [0.5, 0.6) is 0 Å². The van der Waals surface area contributed by atoms with E-state index in [-0.39, 0.29) is 23.2 Å². The smallest absolute Gasteiger partial charge is 0.309 e. The summed E-state index contributed by atoms with van der Waals surface area (Å²) in [7, 11) is 0. The fourth-order valence-electron chi connectivity index (χ4n) is 11.7. The highest BCUT2D eigenvalue weighted by Gasteiger charge is 2.68. The minimum Gasteiger partial charge on any atom is -0.481 e. The molecule has 49 heavy (non-hydrogen) atoms. The summed E-state index contributed by atoms with van der Waals surface area (Å²) in [4.78, 5) is 36.9. The van der Waals surface area contributed by atoms with Gasteiger partial charge >= 0.3 is 17.9 Å². The summed E-state index contributed by atoms with van der Waals surface area (Å²) in [5, 5.41) is 54.0. The van der Waals surface area contributed by atoms with E-state index in [0.717, 1.165) is 25.7 Å². The summed E-state index contributed by atoms with van der Waals surface area (Å²) >= 11 is 0. The molecule has 0 aromatic carbocycles. The lowest BCUT2D eigenvalue weighted by atomic mass is 9.42. The number of aliphatic hydroxyl groups is 4. The molecule has 3 fully saturated rings. The Morgan fingerprint density at radius 3 is 2.14 bits per heavy atom. The van der Waals surface area contributed by atoms with Gasteiger partial charge in [-0.25, -0.2) is 0 Å². The van der Waals surface area contributed by atoms with Crippen LogP contribution in [0.25, 0.3) is 0 Å². The molecular formula is C38H60O11. The van der Waals surface area contributed by atoms with Gasteiger partial charge in [0.15, 0.2) is 6.29 Å². The van der Waals surface area contributed by atoms with E-state index in [1.807, 2.05) is 13.8 Å². The van der Waals surface area contributed by atoms with Crippen LogP contribution < -0.4 is 0 Å². The summed E-state index contributed by atoms with van der Waals surface area (Å²) in [5.41, 5.74) is -2.40. The molecule has 0 aromatic heterocycles. The number of rotatable bonds is 8. The van der Waals surface area contributed by atoms with Gasteiger partial charge in [-0.2, -0.15) is 0 Å². The number of aliphatic carboxylic acids is 1. The number of carboxylic acids is 1. The molecule has 0 spiro atoms. The number of carbonyl (C=O) groups excluding carboxylic acids is 2. The quantitative estimate of drug-likeness (QED) is 0.176. The van der Waals surface area contributed by atoms with Crippen LogP contribution in [0.4, 0.5) is 0 Å². The van der Waals surface area contributed by atoms with E-state index < -0.39 is 88.9 Å². The van der Waals surface area contributed by atoms with Gasteiger partial charge in [0, 0.05) is 23.7 Å². The third kappa shape index (κ3) is 6.38. The normalized spacial score (nSPS) is 43.0. The number of carbonyl (C=O) groups is 3. The third-order valence-electron chi connectivity index (χ3n) is 14.1. The third-order valence-corrected chi connectivity index (χ3v) is 14.1. The number of allylic oxidation sites excluding steroid dienone is 1. The van der Waals surface area contributed by atoms with Crippen molar-refractivity contribution in [3.05, 3.63) is 11.1 Å². The molecule has 2 unspecified atom stereocenters. The second kappa shape index (κ2) is 12.6. The Kier molecular flexibility index (Phi) is 9.79. The Balaban J connectivity index is 1.49. The fraction of sp³-hybridized carbons (Fsp3) is 0.868. The van der Waals surface area contributed by atoms with Crippen molar-refractivity contribution in [1.82, 2.24) is 0 Å². The number of fused-ring (bicyclic) bond motifs is 4. The summed E-state index contributed by atoms with van der Waals surface area (Å²) in [6, 6.07) is 0. The molecule has 12 atom stereocenters. The zero-order valence-corrected chi connectivity index (χ0v) is 30.9. The molecule has 0 radical (unpaired) electrons. The molecule has 5 aliphatic rings. The van der Waals surface area contributed by atoms with Crippen molar-refractivity contribution in [1.29, 1.82) is 0 Å². The van der Waals surface area contributed by atoms with Gasteiger partial charge in [0.25, 0.3) is 0 Å². The average molecular weight is 693 g/mol. The lowest BCUT2D eigenvalue weighted by molar-refractivity contribution is -0.251. The first-order valence-electron chi connectivity index (χ1n) is 18.2. The van der Waals surface area contributed by atoms with Gasteiger partial charge in [-0.05, 0) is 94.8 Å². The Labute approximate surface area is 290 Å². The molecule has 4 aliphatic carbocycles. The molecule has 1 aliphatic heterocycles. The topological polar surface area (TPSA) is 180 Å². The van der Waals surface area contributed by atoms with Gasteiger partial charge < -0.3 is 39.7 Å². The van der Waals surface area contributed by atoms with Crippen molar-refractivity contribution in [2.24, 2.45) is 39.4 Å². The van der Waals surface area contributed by atoms with Gasteiger partial charge in [0.2, 0.25) is 0 Å². The monoisotopic (exact) mass is 692 g/mol. The van der Waals surface area contributed by atoms with Crippen LogP contribution in [-0.4, -0.2) is 85.3 Å². The molecule has 11 heteroatoms. The number of hydrogen-bond acceptors (Lipinski definition) is 10. The van der Waals surface area contributed by atoms with Crippen LogP contribution >= 0.6 is 0 Å². The highest BCUT2D eigenvalue weighted by molar-refractivity contribution is 5.74. The van der Waals surface area contributed by atoms with Crippen molar-refractivity contribution in [3.8, 4) is 0 Å². The highest BCUT2D eigenvalue weighted by atomic mass is 16.6. The van der Waals surface area contributed by atoms with Crippen molar-refractivity contribution in [2.75, 3.05) is 0 Å². The van der Waals surface area contributed by atoms with E-state index in [0.29, 0.717) is 25.7 Å². The first-order valence-corrected chi connectivity index (χ1v) is 18.2. The predicted octanol–water partition coefficient (Wildman–Crippen LogP) is 4.66. The fourth-order valence-corrected chi connectivity index (χ4v) is 11.7. The number of ether oxygens (including phenoxy) is 3. The molecule has 1 saturated heterocycles. The summed E-state index contributed by atoms with van der Waals surface area (Å²) in [5.74, 6) is -2.62. The minimum atomic E-state index is -1.81. The van der Waals surface area contributed by atoms with Gasteiger partial charge in [-0.3, -0.25) is 14.4 Å². The molecule has 0 aromatic rings. The maximum absolute atomic E-state index is 13.3. The molecular weight excluding hydrogens is 632 g/mol. The van der Waals surface area contributed by atoms with E-state index in [4.69, 9.17) is 14.2 Å². The number of carboxylic acid groups (broad SMARTS) is 1. The Hall–Kier alpha value is -2.05. The summed E-state index contributed by atoms with van der Waals surface area (Å²) in [6.45, 7) is 16.7. The standard InChI is InChI=1S/C38H60O11/c1-20(39)47-31-25(48-30(43)19-35(6,46)18-29(41)42)17-36(7)24-16-27(40)38(9)22(21-10-13-28(34(4,5)45)49-32(21)44)14-15-37(38,8)23(24)11-12-26(36)33(31,2)3/h21-22,25-28,31-32,40,44-46H,10-19H2,1-9H3,(H,41,42)/t21-,22-,25-,26?,27+,28-,31+,32?,35+,36-,37+,38+/m1/s1. The lowest BCUT2D eigenvalue weighted by Gasteiger charge is -2.64. The van der Waals surface area contributed by atoms with E-state index in [9.17, 15) is 39.9 Å². The molecule has 1 heterocycles. The van der Waals surface area contributed by atoms with Crippen LogP contribution in [0, 0.1) is 39.4 Å². The van der Waals surface area contributed by atoms with E-state index in [2.05, 4.69) is 20.8 Å². The van der Waals surface area contributed by atoms with Crippen LogP contribution in [0.15, 0.2) is 11.1 Å². The summed E-state index contributed by atoms with van der Waals surface area (Å²) < 4.78 is 17.9. The molecule has 278 valence electrons. The summed E-state index contributed by atoms with van der Waals surface area (Å²) in [6.07, 6.45) is 0.462. The van der Waals surface area contributed by atoms with E-state index >= 15 is 0 Å². The highest BCUT2D eigenvalue weighted by Crippen LogP contribution is 2.73. The molecule has 5 N–H and O–H groups in total. The molecule has 5 rings (SSSR count). The first kappa shape index (κ1) is 38.2. The molecule has 11 nitrogen and oxygen atoms in total. The first-order chi connectivity index (χ1) is 22.4. The van der Waals surface area contributed by atoms with Gasteiger partial charge in [-0.1, -0.05) is 45.8 Å². The van der Waals surface area contributed by atoms with E-state index in [1.165, 1.54) is 25.0 Å². The van der Waals surface area contributed by atoms with Crippen molar-refractivity contribution in [3.63, 3.8) is 0 Å². The Bertz CT molecular complexity index is 1360. The van der Waals surface area contributed by atoms with E-state index in [1.54, 1.807) is 13.8 Å². The SMILES string of the molecule is CC(=O)O[C@H]1[C@H](OC(=O)C[C@@](C)(O)CC(=O)O)C[C@]2(C)C3=C(CCC2C1(C)C)[C@]1(C)CC[C@H]([C@H]2CC[C@H](C(C)(C)O)OC2O)[C@@]1(C)[C@@H](O)C3. The predicted molar refractivity (Wildman–Crippen MR) is 179 cm³/mol. The Morgan fingerprint density at radius 1 is 0.918 bits per heavy atom. The maximum atomic E-state index is 13.3. The van der Waals surface area contributed by atoms with Gasteiger partial charge in [-0.15, -0.1) is 0 Å². The Morgan fingerprint density at radius 2 is 1.57 bits per heavy atom. The van der Waals surface area contributed by atoms with Crippen LogP contribution in [0.3, 0.4) is 0 Å². The molecule has 0 amide bonds. The minimum absolute atomic E-state index is 0.00766. The lowest BCUT2D eigenvalue weighted by Crippen LogP contribution is -2.63. The van der Waals surface area contributed by atoms with Crippen LogP contribution in [0.1, 0.15) is 127 Å². The zero-order chi connectivity index (χ0) is 36.7. The number of hydrogen-bond donors (Lipinski definition) is 5. The molecule has 2 saturated carbocycles. The van der Waals surface area contributed by atoms with Crippen molar-refractivity contribution in [2.45, 2.75) is 168 Å². The van der Waals surface area contributed by atoms with Crippen molar-refractivity contribution >= 4 is 17.9 Å². The second-order valence-electron chi connectivity index (χ2n) is 18.2. The van der Waals surface area contributed by atoms with Gasteiger partial charge in [0.05, 0.1) is 36.3 Å². The second-order valence-corrected chi connectivity index (χ2v) is 18.2.